The first-order chi connectivity index (χ1) is 8.91. The number of aryl methyl sites for hydroxylation is 1. The van der Waals surface area contributed by atoms with Crippen LogP contribution in [0.1, 0.15) is 30.0 Å². The van der Waals surface area contributed by atoms with Crippen LogP contribution in [-0.2, 0) is 24.9 Å². The van der Waals surface area contributed by atoms with Gasteiger partial charge >= 0.3 is 5.97 Å². The van der Waals surface area contributed by atoms with Crippen LogP contribution in [0.15, 0.2) is 4.90 Å². The zero-order valence-corrected chi connectivity index (χ0v) is 12.2. The highest BCUT2D eigenvalue weighted by atomic mass is 35.7. The minimum Gasteiger partial charge on any atom is -0.458 e. The normalized spacial score (nSPS) is 11.5. The van der Waals surface area contributed by atoms with E-state index in [9.17, 15) is 13.2 Å². The van der Waals surface area contributed by atoms with Gasteiger partial charge in [0.25, 0.3) is 9.05 Å². The molecule has 0 amide bonds. The topological polar surface area (TPSA) is 98.3 Å². The first kappa shape index (κ1) is 15.9. The molecule has 1 rings (SSSR count). The van der Waals surface area contributed by atoms with Gasteiger partial charge in [-0.1, -0.05) is 6.92 Å². The van der Waals surface area contributed by atoms with Crippen LogP contribution in [0, 0.1) is 0 Å². The highest BCUT2D eigenvalue weighted by molar-refractivity contribution is 8.13. The van der Waals surface area contributed by atoms with Gasteiger partial charge in [-0.15, -0.1) is 0 Å². The number of carbonyl (C=O) groups is 1. The van der Waals surface area contributed by atoms with Crippen molar-refractivity contribution in [3.05, 3.63) is 11.4 Å². The first-order valence-corrected chi connectivity index (χ1v) is 7.99. The number of carbonyl (C=O) groups excluding carboxylic acids is 1. The molecule has 0 aliphatic carbocycles. The second-order valence-electron chi connectivity index (χ2n) is 3.50. The van der Waals surface area contributed by atoms with Gasteiger partial charge in [-0.25, -0.2) is 13.2 Å². The van der Waals surface area contributed by atoms with Gasteiger partial charge in [0.15, 0.2) is 5.69 Å². The van der Waals surface area contributed by atoms with Gasteiger partial charge < -0.3 is 9.47 Å². The molecule has 9 heteroatoms. The number of aromatic amines is 1. The highest BCUT2D eigenvalue weighted by Gasteiger charge is 2.28. The van der Waals surface area contributed by atoms with Crippen LogP contribution in [-0.4, -0.2) is 44.4 Å². The number of halogens is 1. The molecule has 0 spiro atoms. The molecule has 0 aromatic carbocycles. The average molecular weight is 311 g/mol. The molecular weight excluding hydrogens is 296 g/mol. The third-order valence-electron chi connectivity index (χ3n) is 2.25. The number of ether oxygens (including phenoxy) is 2. The lowest BCUT2D eigenvalue weighted by molar-refractivity contribution is 0.0325. The van der Waals surface area contributed by atoms with Gasteiger partial charge in [-0.3, -0.25) is 5.10 Å². The standard InChI is InChI=1S/C10H15ClN2O5S/c1-3-7-9(19(11,15)16)8(13-12-7)10(14)18-6-5-17-4-2/h3-6H2,1-2H3,(H,12,13). The summed E-state index contributed by atoms with van der Waals surface area (Å²) in [6, 6.07) is 0. The predicted octanol–water partition coefficient (Wildman–Crippen LogP) is 1.09. The van der Waals surface area contributed by atoms with Crippen molar-refractivity contribution >= 4 is 25.7 Å². The Morgan fingerprint density at radius 3 is 2.58 bits per heavy atom. The quantitative estimate of drug-likeness (QED) is 0.460. The third-order valence-corrected chi connectivity index (χ3v) is 3.64. The maximum Gasteiger partial charge on any atom is 0.360 e. The van der Waals surface area contributed by atoms with Crippen LogP contribution in [0.3, 0.4) is 0 Å². The predicted molar refractivity (Wildman–Crippen MR) is 67.8 cm³/mol. The molecule has 1 aromatic heterocycles. The summed E-state index contributed by atoms with van der Waals surface area (Å²) >= 11 is 0. The van der Waals surface area contributed by atoms with Crippen molar-refractivity contribution in [3.63, 3.8) is 0 Å². The van der Waals surface area contributed by atoms with Crippen molar-refractivity contribution < 1.29 is 22.7 Å². The Kier molecular flexibility index (Phi) is 5.77. The molecule has 0 fully saturated rings. The second kappa shape index (κ2) is 6.88. The molecule has 108 valence electrons. The van der Waals surface area contributed by atoms with Gasteiger partial charge in [-0.05, 0) is 13.3 Å². The van der Waals surface area contributed by atoms with E-state index in [0.29, 0.717) is 13.0 Å². The lowest BCUT2D eigenvalue weighted by Crippen LogP contribution is -2.13. The van der Waals surface area contributed by atoms with E-state index in [2.05, 4.69) is 10.2 Å². The molecule has 1 heterocycles. The van der Waals surface area contributed by atoms with Crippen molar-refractivity contribution in [2.75, 3.05) is 19.8 Å². The summed E-state index contributed by atoms with van der Waals surface area (Å²) in [6.07, 6.45) is 0.348. The monoisotopic (exact) mass is 310 g/mol. The minimum absolute atomic E-state index is 0.0166. The Morgan fingerprint density at radius 2 is 2.05 bits per heavy atom. The van der Waals surface area contributed by atoms with Crippen LogP contribution >= 0.6 is 10.7 Å². The van der Waals surface area contributed by atoms with Crippen molar-refractivity contribution in [3.8, 4) is 0 Å². The fraction of sp³-hybridized carbons (Fsp3) is 0.600. The molecule has 0 saturated heterocycles. The van der Waals surface area contributed by atoms with E-state index in [-0.39, 0.29) is 29.5 Å². The number of hydrogen-bond donors (Lipinski definition) is 1. The van der Waals surface area contributed by atoms with Crippen molar-refractivity contribution in [1.29, 1.82) is 0 Å². The van der Waals surface area contributed by atoms with Crippen molar-refractivity contribution in [1.82, 2.24) is 10.2 Å². The second-order valence-corrected chi connectivity index (χ2v) is 6.01. The van der Waals surface area contributed by atoms with Gasteiger partial charge in [0.2, 0.25) is 0 Å². The van der Waals surface area contributed by atoms with Gasteiger partial charge in [0.05, 0.1) is 12.3 Å². The number of hydrogen-bond acceptors (Lipinski definition) is 6. The van der Waals surface area contributed by atoms with Crippen molar-refractivity contribution in [2.24, 2.45) is 0 Å². The summed E-state index contributed by atoms with van der Waals surface area (Å²) < 4.78 is 32.7. The largest absolute Gasteiger partial charge is 0.458 e. The van der Waals surface area contributed by atoms with E-state index in [1.165, 1.54) is 0 Å². The van der Waals surface area contributed by atoms with E-state index in [4.69, 9.17) is 20.2 Å². The van der Waals surface area contributed by atoms with Crippen LogP contribution in [0.25, 0.3) is 0 Å². The SMILES string of the molecule is CCOCCOC(=O)c1n[nH]c(CC)c1S(=O)(=O)Cl. The Balaban J connectivity index is 2.89. The summed E-state index contributed by atoms with van der Waals surface area (Å²) in [4.78, 5) is 11.4. The smallest absolute Gasteiger partial charge is 0.360 e. The Bertz CT molecular complexity index is 540. The van der Waals surface area contributed by atoms with Gasteiger partial charge in [-0.2, -0.15) is 5.10 Å². The molecule has 0 unspecified atom stereocenters. The fourth-order valence-corrected chi connectivity index (χ4v) is 2.76. The molecule has 0 aliphatic rings. The first-order valence-electron chi connectivity index (χ1n) is 5.68. The number of aromatic nitrogens is 2. The van der Waals surface area contributed by atoms with E-state index in [1.54, 1.807) is 13.8 Å². The minimum atomic E-state index is -4.07. The van der Waals surface area contributed by atoms with Crippen molar-refractivity contribution in [2.45, 2.75) is 25.2 Å². The maximum atomic E-state index is 11.7. The van der Waals surface area contributed by atoms with Crippen LogP contribution < -0.4 is 0 Å². The lowest BCUT2D eigenvalue weighted by Gasteiger charge is -2.04. The number of rotatable bonds is 7. The fourth-order valence-electron chi connectivity index (χ4n) is 1.41. The van der Waals surface area contributed by atoms with E-state index >= 15 is 0 Å². The number of H-pyrrole nitrogens is 1. The van der Waals surface area contributed by atoms with E-state index in [1.807, 2.05) is 0 Å². The molecule has 7 nitrogen and oxygen atoms in total. The molecule has 0 radical (unpaired) electrons. The molecule has 0 saturated carbocycles. The summed E-state index contributed by atoms with van der Waals surface area (Å²) in [6.45, 7) is 4.27. The molecule has 0 aliphatic heterocycles. The summed E-state index contributed by atoms with van der Waals surface area (Å²) in [5, 5.41) is 6.12. The highest BCUT2D eigenvalue weighted by Crippen LogP contribution is 2.23. The number of nitrogens with one attached hydrogen (secondary N) is 1. The maximum absolute atomic E-state index is 11.7. The molecule has 1 aromatic rings. The van der Waals surface area contributed by atoms with Crippen LogP contribution in [0.4, 0.5) is 0 Å². The molecule has 0 atom stereocenters. The van der Waals surface area contributed by atoms with Gasteiger partial charge in [0, 0.05) is 17.3 Å². The van der Waals surface area contributed by atoms with Crippen LogP contribution in [0.5, 0.6) is 0 Å². The van der Waals surface area contributed by atoms with E-state index < -0.39 is 15.0 Å². The average Bonchev–Trinajstić information content (AvgIpc) is 2.78. The molecular formula is C10H15ClN2O5S. The lowest BCUT2D eigenvalue weighted by atomic mass is 10.3. The van der Waals surface area contributed by atoms with Gasteiger partial charge in [0.1, 0.15) is 11.5 Å². The summed E-state index contributed by atoms with van der Waals surface area (Å²) in [7, 11) is 1.23. The van der Waals surface area contributed by atoms with E-state index in [0.717, 1.165) is 0 Å². The molecule has 1 N–H and O–H groups in total. The Hall–Kier alpha value is -1.12. The number of nitrogens with zero attached hydrogens (tertiary/aromatic N) is 1. The summed E-state index contributed by atoms with van der Waals surface area (Å²) in [5.74, 6) is -0.852. The number of esters is 1. The third kappa shape index (κ3) is 4.19. The van der Waals surface area contributed by atoms with Crippen LogP contribution in [0.2, 0.25) is 0 Å². The molecule has 0 bridgehead atoms. The zero-order valence-electron chi connectivity index (χ0n) is 10.6. The summed E-state index contributed by atoms with van der Waals surface area (Å²) in [5.41, 5.74) is -0.0601. The zero-order chi connectivity index (χ0) is 14.5. The Labute approximate surface area is 115 Å². The Morgan fingerprint density at radius 1 is 1.37 bits per heavy atom. The molecule has 19 heavy (non-hydrogen) atoms.